The summed E-state index contributed by atoms with van der Waals surface area (Å²) in [4.78, 5) is 28.6. The van der Waals surface area contributed by atoms with Crippen LogP contribution in [0.3, 0.4) is 0 Å². The van der Waals surface area contributed by atoms with Gasteiger partial charge in [0.25, 0.3) is 0 Å². The van der Waals surface area contributed by atoms with E-state index in [0.717, 1.165) is 0 Å². The number of aliphatic hydroxyl groups excluding tert-OH is 1. The number of aliphatic hydroxyl groups is 1. The van der Waals surface area contributed by atoms with Crippen LogP contribution in [0.25, 0.3) is 0 Å². The van der Waals surface area contributed by atoms with E-state index in [1.54, 1.807) is 0 Å². The smallest absolute Gasteiger partial charge is 1.00 e. The molecule has 1 unspecified atom stereocenters. The molecule has 0 fully saturated rings. The Morgan fingerprint density at radius 3 is 1.25 bits per heavy atom. The maximum Gasteiger partial charge on any atom is 2.00 e. The fourth-order valence-corrected chi connectivity index (χ4v) is 0.143. The summed E-state index contributed by atoms with van der Waals surface area (Å²) < 4.78 is 0. The monoisotopic (exact) mass is 290 g/mol. The third-order valence-electron chi connectivity index (χ3n) is 0.726. The summed E-state index contributed by atoms with van der Waals surface area (Å²) in [6, 6.07) is 0. The molecule has 0 spiro atoms. The van der Waals surface area contributed by atoms with Gasteiger partial charge < -0.3 is 26.1 Å². The second-order valence-electron chi connectivity index (χ2n) is 2.02. The van der Waals surface area contributed by atoms with E-state index in [9.17, 15) is 14.4 Å². The molecule has 9 heteroatoms. The van der Waals surface area contributed by atoms with Crippen molar-refractivity contribution in [3.8, 4) is 0 Å². The van der Waals surface area contributed by atoms with E-state index in [4.69, 9.17) is 20.4 Å². The molecule has 1 atom stereocenters. The van der Waals surface area contributed by atoms with Crippen molar-refractivity contribution < 1.29 is 40.5 Å². The molecule has 0 heterocycles. The van der Waals surface area contributed by atoms with Gasteiger partial charge in [-0.3, -0.25) is 0 Å². The summed E-state index contributed by atoms with van der Waals surface area (Å²) in [5, 5.41) is 31.4. The zero-order valence-corrected chi connectivity index (χ0v) is 13.1. The molecule has 0 aliphatic heterocycles. The molecule has 88 valence electrons. The van der Waals surface area contributed by atoms with Crippen molar-refractivity contribution in [3.05, 3.63) is 12.2 Å². The van der Waals surface area contributed by atoms with Gasteiger partial charge in [0, 0.05) is 12.2 Å². The summed E-state index contributed by atoms with van der Waals surface area (Å²) in [6.07, 6.45) is -0.116. The van der Waals surface area contributed by atoms with Crippen LogP contribution in [0.1, 0.15) is 12.6 Å². The molecular weight excluding hydrogens is 276 g/mol. The predicted octanol–water partition coefficient (Wildman–Crippen LogP) is -1.15. The molecule has 0 aromatic rings. The Bertz CT molecular complexity index is 248. The van der Waals surface area contributed by atoms with Crippen LogP contribution in [0.2, 0.25) is 0 Å². The van der Waals surface area contributed by atoms with Gasteiger partial charge in [-0.15, -0.1) is 0 Å². The number of hydrogen-bond donors (Lipinski definition) is 4. The minimum Gasteiger partial charge on any atom is -1.00 e. The van der Waals surface area contributed by atoms with Gasteiger partial charge in [-0.1, -0.05) is 0 Å². The Morgan fingerprint density at radius 2 is 1.19 bits per heavy atom. The average Bonchev–Trinajstić information content (AvgIpc) is 2.01. The molecule has 0 radical (unpaired) electrons. The first-order valence-electron chi connectivity index (χ1n) is 3.32. The normalized spacial score (nSPS) is 9.88. The number of carboxylic acids is 3. The quantitative estimate of drug-likeness (QED) is 0.381. The van der Waals surface area contributed by atoms with Crippen LogP contribution in [-0.4, -0.2) is 120 Å². The number of hydrogen-bond acceptors (Lipinski definition) is 4. The zero-order valence-electron chi connectivity index (χ0n) is 12.7. The van der Waals surface area contributed by atoms with Gasteiger partial charge in [0.1, 0.15) is 6.10 Å². The molecule has 4 N–H and O–H groups in total. The van der Waals surface area contributed by atoms with Gasteiger partial charge in [-0.05, 0) is 6.92 Å². The van der Waals surface area contributed by atoms with E-state index in [1.165, 1.54) is 6.92 Å². The average molecular weight is 290 g/mol. The number of carbonyl (C=O) groups is 3. The summed E-state index contributed by atoms with van der Waals surface area (Å²) in [6.45, 7) is 1.20. The first-order valence-corrected chi connectivity index (χ1v) is 3.32. The van der Waals surface area contributed by atoms with Crippen molar-refractivity contribution in [2.24, 2.45) is 0 Å². The van der Waals surface area contributed by atoms with Gasteiger partial charge >= 0.3 is 93.4 Å². The van der Waals surface area contributed by atoms with E-state index in [2.05, 4.69) is 0 Å². The molecule has 0 aliphatic rings. The molecule has 0 amide bonds. The van der Waals surface area contributed by atoms with Crippen LogP contribution in [0.15, 0.2) is 12.2 Å². The second-order valence-corrected chi connectivity index (χ2v) is 2.02. The van der Waals surface area contributed by atoms with Crippen molar-refractivity contribution in [2.75, 3.05) is 0 Å². The summed E-state index contributed by atoms with van der Waals surface area (Å²) in [5.74, 6) is -3.70. The van der Waals surface area contributed by atoms with Crippen LogP contribution in [0.4, 0.5) is 0 Å². The van der Waals surface area contributed by atoms with Crippen LogP contribution in [0, 0.1) is 0 Å². The van der Waals surface area contributed by atoms with Crippen molar-refractivity contribution in [3.63, 3.8) is 0 Å². The molecule has 0 aromatic heterocycles. The van der Waals surface area contributed by atoms with Crippen LogP contribution in [0.5, 0.6) is 0 Å². The van der Waals surface area contributed by atoms with E-state index in [-0.39, 0.29) is 81.2 Å². The third-order valence-corrected chi connectivity index (χ3v) is 0.726. The number of aliphatic carboxylic acids is 3. The Kier molecular flexibility index (Phi) is 24.9. The molecule has 0 rings (SSSR count). The number of rotatable bonds is 3. The van der Waals surface area contributed by atoms with Gasteiger partial charge in [-0.25, -0.2) is 14.4 Å². The van der Waals surface area contributed by atoms with Gasteiger partial charge in [0.15, 0.2) is 0 Å². The molecular formula is C7H14Ca2O7. The van der Waals surface area contributed by atoms with Crippen molar-refractivity contribution in [1.82, 2.24) is 0 Å². The minimum atomic E-state index is -1.26. The second kappa shape index (κ2) is 15.6. The predicted molar refractivity (Wildman–Crippen MR) is 59.7 cm³/mol. The van der Waals surface area contributed by atoms with Gasteiger partial charge in [-0.2, -0.15) is 0 Å². The van der Waals surface area contributed by atoms with Gasteiger partial charge in [0.2, 0.25) is 0 Å². The van der Waals surface area contributed by atoms with E-state index in [0.29, 0.717) is 12.2 Å². The summed E-state index contributed by atoms with van der Waals surface area (Å²) in [5.41, 5.74) is 0. The van der Waals surface area contributed by atoms with Crippen molar-refractivity contribution >= 4 is 93.4 Å². The van der Waals surface area contributed by atoms with Crippen molar-refractivity contribution in [1.29, 1.82) is 0 Å². The molecule has 0 bridgehead atoms. The Balaban J connectivity index is -0.0000000188. The molecule has 0 saturated heterocycles. The first-order chi connectivity index (χ1) is 6.27. The first kappa shape index (κ1) is 25.5. The van der Waals surface area contributed by atoms with Crippen LogP contribution < -0.4 is 0 Å². The van der Waals surface area contributed by atoms with Gasteiger partial charge in [0.05, 0.1) is 0 Å². The zero-order chi connectivity index (χ0) is 11.7. The maximum atomic E-state index is 9.55. The molecule has 7 nitrogen and oxygen atoms in total. The third kappa shape index (κ3) is 29.3. The SMILES string of the molecule is CC(O)C(=O)O.O=C(O)/C=C/C(=O)O.[Ca+2].[Ca+2].[H-].[H-].[H-].[H-]. The van der Waals surface area contributed by atoms with E-state index < -0.39 is 24.0 Å². The van der Waals surface area contributed by atoms with Crippen LogP contribution in [-0.2, 0) is 14.4 Å². The summed E-state index contributed by atoms with van der Waals surface area (Å²) in [7, 11) is 0. The Morgan fingerprint density at radius 1 is 1.00 bits per heavy atom. The Labute approximate surface area is 157 Å². The van der Waals surface area contributed by atoms with E-state index >= 15 is 0 Å². The molecule has 0 aromatic carbocycles. The molecule has 0 aliphatic carbocycles. The topological polar surface area (TPSA) is 132 Å². The Hall–Kier alpha value is 0.629. The minimum absolute atomic E-state index is 0. The maximum absolute atomic E-state index is 9.55. The largest absolute Gasteiger partial charge is 2.00 e. The fraction of sp³-hybridized carbons (Fsp3) is 0.286. The van der Waals surface area contributed by atoms with Crippen LogP contribution >= 0.6 is 0 Å². The molecule has 0 saturated carbocycles. The van der Waals surface area contributed by atoms with E-state index in [1.807, 2.05) is 0 Å². The fourth-order valence-electron chi connectivity index (χ4n) is 0.143. The molecule has 16 heavy (non-hydrogen) atoms. The number of carboxylic acid groups (broad SMARTS) is 3. The summed E-state index contributed by atoms with van der Waals surface area (Å²) >= 11 is 0. The standard InChI is InChI=1S/C4H4O4.C3H6O3.2Ca.4H/c5-3(6)1-2-4(7)8;1-2(4)3(5)6;;;;;;/h1-2H,(H,5,6)(H,7,8);2,4H,1H3,(H,5,6);;;;;;/q;;2*+2;4*-1/b2-1+;;;;;;;. The van der Waals surface area contributed by atoms with Crippen molar-refractivity contribution in [2.45, 2.75) is 13.0 Å².